The summed E-state index contributed by atoms with van der Waals surface area (Å²) in [5.41, 5.74) is 0.409. The molecule has 0 aliphatic rings. The molecule has 0 spiro atoms. The van der Waals surface area contributed by atoms with E-state index in [0.29, 0.717) is 23.0 Å². The second kappa shape index (κ2) is 6.63. The van der Waals surface area contributed by atoms with Crippen molar-refractivity contribution in [3.8, 4) is 5.82 Å². The minimum Gasteiger partial charge on any atom is -0.360 e. The maximum atomic E-state index is 12.7. The topological polar surface area (TPSA) is 98.2 Å². The van der Waals surface area contributed by atoms with Crippen molar-refractivity contribution in [1.82, 2.24) is 24.4 Å². The normalized spacial score (nSPS) is 10.7. The smallest absolute Gasteiger partial charge is 0.259 e. The molecule has 0 bridgehead atoms. The highest BCUT2D eigenvalue weighted by Crippen LogP contribution is 2.16. The predicted molar refractivity (Wildman–Crippen MR) is 89.4 cm³/mol. The zero-order valence-corrected chi connectivity index (χ0v) is 14.1. The van der Waals surface area contributed by atoms with E-state index in [2.05, 4.69) is 15.6 Å². The van der Waals surface area contributed by atoms with Crippen molar-refractivity contribution in [2.45, 2.75) is 6.92 Å². The van der Waals surface area contributed by atoms with Crippen molar-refractivity contribution in [1.29, 1.82) is 0 Å². The van der Waals surface area contributed by atoms with E-state index in [1.54, 1.807) is 36.3 Å². The van der Waals surface area contributed by atoms with Crippen LogP contribution < -0.4 is 5.32 Å². The molecule has 3 heterocycles. The first-order valence-corrected chi connectivity index (χ1v) is 7.59. The number of hydrogen-bond acceptors (Lipinski definition) is 5. The number of carbonyl (C=O) groups excluding carboxylic acids is 2. The van der Waals surface area contributed by atoms with Crippen LogP contribution in [0.1, 0.15) is 16.1 Å². The fourth-order valence-electron chi connectivity index (χ4n) is 2.46. The zero-order chi connectivity index (χ0) is 18.0. The summed E-state index contributed by atoms with van der Waals surface area (Å²) < 4.78 is 8.30. The van der Waals surface area contributed by atoms with Crippen LogP contribution >= 0.6 is 0 Å². The van der Waals surface area contributed by atoms with Crippen molar-refractivity contribution in [2.75, 3.05) is 18.9 Å². The minimum absolute atomic E-state index is 0.120. The van der Waals surface area contributed by atoms with E-state index in [4.69, 9.17) is 4.52 Å². The molecule has 3 aromatic heterocycles. The van der Waals surface area contributed by atoms with Crippen molar-refractivity contribution < 1.29 is 14.1 Å². The maximum absolute atomic E-state index is 12.7. The van der Waals surface area contributed by atoms with Crippen LogP contribution in [0.5, 0.6) is 0 Å². The van der Waals surface area contributed by atoms with Crippen molar-refractivity contribution in [3.63, 3.8) is 0 Å². The van der Waals surface area contributed by atoms with E-state index in [0.717, 1.165) is 0 Å². The number of rotatable bonds is 5. The maximum Gasteiger partial charge on any atom is 0.259 e. The molecule has 0 aliphatic carbocycles. The summed E-state index contributed by atoms with van der Waals surface area (Å²) in [4.78, 5) is 26.1. The first-order chi connectivity index (χ1) is 12.0. The van der Waals surface area contributed by atoms with E-state index in [9.17, 15) is 9.59 Å². The molecule has 0 aliphatic heterocycles. The van der Waals surface area contributed by atoms with Gasteiger partial charge in [-0.2, -0.15) is 5.10 Å². The Morgan fingerprint density at radius 2 is 2.04 bits per heavy atom. The van der Waals surface area contributed by atoms with Gasteiger partial charge >= 0.3 is 0 Å². The van der Waals surface area contributed by atoms with E-state index in [-0.39, 0.29) is 18.4 Å². The summed E-state index contributed by atoms with van der Waals surface area (Å²) in [5.74, 6) is 0.873. The lowest BCUT2D eigenvalue weighted by molar-refractivity contribution is -0.116. The van der Waals surface area contributed by atoms with Crippen molar-refractivity contribution in [3.05, 3.63) is 48.1 Å². The van der Waals surface area contributed by atoms with E-state index < -0.39 is 0 Å². The van der Waals surface area contributed by atoms with Gasteiger partial charge in [0.05, 0.1) is 12.7 Å². The molecule has 0 unspecified atom stereocenters. The summed E-state index contributed by atoms with van der Waals surface area (Å²) in [5, 5.41) is 10.4. The lowest BCUT2D eigenvalue weighted by Crippen LogP contribution is -2.35. The largest absolute Gasteiger partial charge is 0.360 e. The molecule has 0 fully saturated rings. The Balaban J connectivity index is 1.72. The molecule has 0 atom stereocenters. The van der Waals surface area contributed by atoms with Crippen molar-refractivity contribution in [2.24, 2.45) is 7.05 Å². The Labute approximate surface area is 143 Å². The third kappa shape index (κ3) is 3.44. The van der Waals surface area contributed by atoms with Gasteiger partial charge in [0.15, 0.2) is 5.82 Å². The third-order valence-corrected chi connectivity index (χ3v) is 3.61. The van der Waals surface area contributed by atoms with E-state index >= 15 is 0 Å². The lowest BCUT2D eigenvalue weighted by Gasteiger charge is -2.16. The molecule has 9 heteroatoms. The molecule has 3 rings (SSSR count). The Kier molecular flexibility index (Phi) is 4.38. The predicted octanol–water partition coefficient (Wildman–Crippen LogP) is 1.22. The third-order valence-electron chi connectivity index (χ3n) is 3.61. The van der Waals surface area contributed by atoms with Crippen LogP contribution in [0.25, 0.3) is 5.82 Å². The zero-order valence-electron chi connectivity index (χ0n) is 14.1. The molecule has 1 N–H and O–H groups in total. The first kappa shape index (κ1) is 16.5. The minimum atomic E-state index is -0.365. The Hall–Kier alpha value is -3.36. The molecule has 0 radical (unpaired) electrons. The average Bonchev–Trinajstić information content (AvgIpc) is 3.28. The molecule has 25 heavy (non-hydrogen) atoms. The van der Waals surface area contributed by atoms with E-state index in [1.165, 1.54) is 11.1 Å². The fourth-order valence-corrected chi connectivity index (χ4v) is 2.46. The van der Waals surface area contributed by atoms with Crippen LogP contribution in [0.4, 0.5) is 5.82 Å². The number of hydrogen-bond donors (Lipinski definition) is 1. The monoisotopic (exact) mass is 342 g/mol. The van der Waals surface area contributed by atoms with Crippen LogP contribution in [0.15, 0.2) is 41.3 Å². The number of likely N-dealkylation sites (N-methyl/N-ethyl adjacent to an activating group) is 1. The number of aromatic nitrogens is 4. The number of anilines is 1. The Morgan fingerprint density at radius 1 is 1.32 bits per heavy atom. The summed E-state index contributed by atoms with van der Waals surface area (Å²) in [6.07, 6.45) is 5.15. The van der Waals surface area contributed by atoms with Gasteiger partial charge in [-0.1, -0.05) is 5.16 Å². The van der Waals surface area contributed by atoms with Gasteiger partial charge in [0.25, 0.3) is 5.91 Å². The van der Waals surface area contributed by atoms with Gasteiger partial charge < -0.3 is 19.3 Å². The quantitative estimate of drug-likeness (QED) is 0.752. The molecule has 0 saturated carbocycles. The molecule has 130 valence electrons. The van der Waals surface area contributed by atoms with Crippen LogP contribution in [-0.2, 0) is 11.8 Å². The molecule has 0 saturated heterocycles. The van der Waals surface area contributed by atoms with Crippen LogP contribution in [0.2, 0.25) is 0 Å². The van der Waals surface area contributed by atoms with Crippen molar-refractivity contribution >= 4 is 17.6 Å². The van der Waals surface area contributed by atoms with Gasteiger partial charge in [-0.05, 0) is 19.1 Å². The molecule has 9 nitrogen and oxygen atoms in total. The highest BCUT2D eigenvalue weighted by atomic mass is 16.5. The Morgan fingerprint density at radius 3 is 2.68 bits per heavy atom. The number of carbonyl (C=O) groups is 2. The average molecular weight is 342 g/mol. The fraction of sp³-hybridized carbons (Fsp3) is 0.250. The number of amides is 2. The number of nitrogens with one attached hydrogen (secondary N) is 1. The summed E-state index contributed by atoms with van der Waals surface area (Å²) in [7, 11) is 3.31. The summed E-state index contributed by atoms with van der Waals surface area (Å²) in [6, 6.07) is 5.32. The van der Waals surface area contributed by atoms with Crippen LogP contribution in [0, 0.1) is 6.92 Å². The SMILES string of the molecule is Cc1cc(NC(=O)CN(C)C(=O)c2cnn(C)c2-n2cccc2)no1. The molecular weight excluding hydrogens is 324 g/mol. The summed E-state index contributed by atoms with van der Waals surface area (Å²) in [6.45, 7) is 1.61. The second-order valence-electron chi connectivity index (χ2n) is 5.63. The molecule has 3 aromatic rings. The lowest BCUT2D eigenvalue weighted by atomic mass is 10.2. The summed E-state index contributed by atoms with van der Waals surface area (Å²) >= 11 is 0. The van der Waals surface area contributed by atoms with Gasteiger partial charge in [-0.25, -0.2) is 0 Å². The van der Waals surface area contributed by atoms with Gasteiger partial charge in [-0.3, -0.25) is 14.3 Å². The molecular formula is C16H18N6O3. The molecule has 2 amide bonds. The van der Waals surface area contributed by atoms with Gasteiger partial charge in [0.1, 0.15) is 17.1 Å². The van der Waals surface area contributed by atoms with Crippen LogP contribution in [-0.4, -0.2) is 49.8 Å². The highest BCUT2D eigenvalue weighted by Gasteiger charge is 2.22. The van der Waals surface area contributed by atoms with Gasteiger partial charge in [0, 0.05) is 32.6 Å². The number of nitrogens with zero attached hydrogens (tertiary/aromatic N) is 5. The first-order valence-electron chi connectivity index (χ1n) is 7.59. The standard InChI is InChI=1S/C16H18N6O3/c1-11-8-13(19-25-11)18-14(23)10-20(2)16(24)12-9-17-21(3)15(12)22-6-4-5-7-22/h4-9H,10H2,1-3H3,(H,18,19,23). The van der Waals surface area contributed by atoms with Gasteiger partial charge in [0.2, 0.25) is 5.91 Å². The van der Waals surface area contributed by atoms with Crippen LogP contribution in [0.3, 0.4) is 0 Å². The highest BCUT2D eigenvalue weighted by molar-refractivity contribution is 6.00. The molecule has 0 aromatic carbocycles. The second-order valence-corrected chi connectivity index (χ2v) is 5.63. The Bertz CT molecular complexity index is 893. The number of aryl methyl sites for hydroxylation is 2. The van der Waals surface area contributed by atoms with Gasteiger partial charge in [-0.15, -0.1) is 0 Å². The van der Waals surface area contributed by atoms with E-state index in [1.807, 2.05) is 24.5 Å².